The van der Waals surface area contributed by atoms with E-state index in [0.717, 1.165) is 53.9 Å². The van der Waals surface area contributed by atoms with Crippen molar-refractivity contribution in [1.29, 1.82) is 0 Å². The normalized spacial score (nSPS) is 15.4. The van der Waals surface area contributed by atoms with Crippen LogP contribution in [0.1, 0.15) is 19.8 Å². The van der Waals surface area contributed by atoms with Gasteiger partial charge in [0.05, 0.1) is 5.69 Å². The third kappa shape index (κ3) is 2.94. The van der Waals surface area contributed by atoms with Crippen molar-refractivity contribution in [2.24, 2.45) is 0 Å². The number of hydrogen-bond donors (Lipinski definition) is 2. The van der Waals surface area contributed by atoms with Gasteiger partial charge in [0.25, 0.3) is 0 Å². The quantitative estimate of drug-likeness (QED) is 0.567. The Morgan fingerprint density at radius 2 is 2.11 bits per heavy atom. The molecule has 0 unspecified atom stereocenters. The zero-order valence-electron chi connectivity index (χ0n) is 15.5. The molecule has 142 valence electrons. The lowest BCUT2D eigenvalue weighted by Crippen LogP contribution is -2.41. The third-order valence-electron chi connectivity index (χ3n) is 5.24. The summed E-state index contributed by atoms with van der Waals surface area (Å²) in [6, 6.07) is 4.15. The molecule has 1 amide bonds. The first-order chi connectivity index (χ1) is 13.7. The summed E-state index contributed by atoms with van der Waals surface area (Å²) in [5.74, 6) is 0.734. The number of H-pyrrole nitrogens is 1. The second-order valence-electron chi connectivity index (χ2n) is 7.03. The Kier molecular flexibility index (Phi) is 3.92. The molecule has 5 heterocycles. The zero-order valence-corrected chi connectivity index (χ0v) is 15.5. The molecule has 4 aromatic rings. The number of piperidine rings is 1. The maximum Gasteiger partial charge on any atom is 0.224 e. The van der Waals surface area contributed by atoms with E-state index in [0.29, 0.717) is 5.95 Å². The Hall–Kier alpha value is -3.49. The van der Waals surface area contributed by atoms with Crippen molar-refractivity contribution >= 4 is 28.5 Å². The molecule has 0 aromatic carbocycles. The lowest BCUT2D eigenvalue weighted by atomic mass is 10.1. The number of carbonyl (C=O) groups is 1. The summed E-state index contributed by atoms with van der Waals surface area (Å²) in [6.07, 6.45) is 9.06. The Morgan fingerprint density at radius 1 is 1.25 bits per heavy atom. The first kappa shape index (κ1) is 16.7. The van der Waals surface area contributed by atoms with E-state index in [1.807, 2.05) is 35.6 Å². The summed E-state index contributed by atoms with van der Waals surface area (Å²) in [5, 5.41) is 8.91. The summed E-state index contributed by atoms with van der Waals surface area (Å²) in [5.41, 5.74) is 3.35. The average molecular weight is 376 g/mol. The van der Waals surface area contributed by atoms with Gasteiger partial charge in [-0.25, -0.2) is 14.5 Å². The van der Waals surface area contributed by atoms with E-state index in [1.165, 1.54) is 0 Å². The van der Waals surface area contributed by atoms with Crippen molar-refractivity contribution in [3.05, 3.63) is 36.9 Å². The lowest BCUT2D eigenvalue weighted by Gasteiger charge is -2.31. The molecule has 28 heavy (non-hydrogen) atoms. The molecule has 0 aliphatic carbocycles. The van der Waals surface area contributed by atoms with Gasteiger partial charge in [0, 0.05) is 61.8 Å². The highest BCUT2D eigenvalue weighted by Gasteiger charge is 2.21. The molecule has 4 aromatic heterocycles. The summed E-state index contributed by atoms with van der Waals surface area (Å²) in [4.78, 5) is 29.9. The maximum atomic E-state index is 11.5. The van der Waals surface area contributed by atoms with E-state index >= 15 is 0 Å². The number of aromatic nitrogens is 6. The Morgan fingerprint density at radius 3 is 2.93 bits per heavy atom. The van der Waals surface area contributed by atoms with E-state index in [4.69, 9.17) is 0 Å². The second kappa shape index (κ2) is 6.59. The van der Waals surface area contributed by atoms with Gasteiger partial charge in [-0.05, 0) is 25.0 Å². The highest BCUT2D eigenvalue weighted by Crippen LogP contribution is 2.26. The molecule has 1 saturated heterocycles. The first-order valence-electron chi connectivity index (χ1n) is 9.34. The predicted molar refractivity (Wildman–Crippen MR) is 105 cm³/mol. The number of aromatic amines is 1. The Bertz CT molecular complexity index is 1160. The highest BCUT2D eigenvalue weighted by atomic mass is 16.2. The van der Waals surface area contributed by atoms with Crippen LogP contribution in [0.2, 0.25) is 0 Å². The maximum absolute atomic E-state index is 11.5. The number of nitrogens with one attached hydrogen (secondary N) is 2. The summed E-state index contributed by atoms with van der Waals surface area (Å²) in [7, 11) is 0. The summed E-state index contributed by atoms with van der Waals surface area (Å²) >= 11 is 0. The molecule has 1 aliphatic heterocycles. The molecular formula is C19H20N8O. The second-order valence-corrected chi connectivity index (χ2v) is 7.03. The monoisotopic (exact) mass is 376 g/mol. The minimum atomic E-state index is 0.137. The molecule has 9 heteroatoms. The van der Waals surface area contributed by atoms with Gasteiger partial charge in [-0.1, -0.05) is 0 Å². The standard InChI is InChI=1S/C19H20N8O/c1-12(28)26-7-4-13(5-8-26)23-19-22-11-15-14(10-21-18(15)24-19)16-2-3-17-20-6-9-27(17)25-16/h2-3,6,9-11,13H,4-5,7-8H2,1H3,(H2,21,22,23,24). The SMILES string of the molecule is CC(=O)N1CCC(Nc2ncc3c(-c4ccc5nccn5n4)c[nH]c3n2)CC1. The molecule has 2 N–H and O–H groups in total. The molecule has 1 aliphatic rings. The van der Waals surface area contributed by atoms with Gasteiger partial charge in [0.1, 0.15) is 5.65 Å². The van der Waals surface area contributed by atoms with Crippen molar-refractivity contribution in [1.82, 2.24) is 34.4 Å². The van der Waals surface area contributed by atoms with E-state index in [2.05, 4.69) is 30.4 Å². The summed E-state index contributed by atoms with van der Waals surface area (Å²) < 4.78 is 1.75. The van der Waals surface area contributed by atoms with Crippen LogP contribution in [0.5, 0.6) is 0 Å². The van der Waals surface area contributed by atoms with Crippen LogP contribution >= 0.6 is 0 Å². The molecule has 1 fully saturated rings. The van der Waals surface area contributed by atoms with Crippen LogP contribution < -0.4 is 5.32 Å². The minimum Gasteiger partial charge on any atom is -0.351 e. The van der Waals surface area contributed by atoms with Crippen molar-refractivity contribution < 1.29 is 4.79 Å². The van der Waals surface area contributed by atoms with Crippen LogP contribution in [-0.4, -0.2) is 59.5 Å². The number of carbonyl (C=O) groups excluding carboxylic acids is 1. The number of likely N-dealkylation sites (tertiary alicyclic amines) is 1. The molecule has 5 rings (SSSR count). The van der Waals surface area contributed by atoms with E-state index < -0.39 is 0 Å². The molecule has 0 atom stereocenters. The lowest BCUT2D eigenvalue weighted by molar-refractivity contribution is -0.129. The van der Waals surface area contributed by atoms with Crippen molar-refractivity contribution in [2.75, 3.05) is 18.4 Å². The Balaban J connectivity index is 1.37. The number of anilines is 1. The molecular weight excluding hydrogens is 356 g/mol. The number of imidazole rings is 1. The van der Waals surface area contributed by atoms with E-state index in [9.17, 15) is 4.79 Å². The van der Waals surface area contributed by atoms with E-state index in [1.54, 1.807) is 17.6 Å². The molecule has 0 bridgehead atoms. The van der Waals surface area contributed by atoms with Crippen molar-refractivity contribution in [3.8, 4) is 11.3 Å². The number of hydrogen-bond acceptors (Lipinski definition) is 6. The van der Waals surface area contributed by atoms with Crippen LogP contribution in [0.25, 0.3) is 27.9 Å². The van der Waals surface area contributed by atoms with Crippen LogP contribution in [0.3, 0.4) is 0 Å². The highest BCUT2D eigenvalue weighted by molar-refractivity contribution is 5.92. The Labute approximate surface area is 160 Å². The van der Waals surface area contributed by atoms with Gasteiger partial charge in [-0.2, -0.15) is 10.1 Å². The molecule has 0 spiro atoms. The third-order valence-corrected chi connectivity index (χ3v) is 5.24. The van der Waals surface area contributed by atoms with Gasteiger partial charge in [-0.15, -0.1) is 0 Å². The van der Waals surface area contributed by atoms with Gasteiger partial charge in [0.2, 0.25) is 11.9 Å². The topological polar surface area (TPSA) is 104 Å². The van der Waals surface area contributed by atoms with Crippen LogP contribution in [-0.2, 0) is 4.79 Å². The first-order valence-corrected chi connectivity index (χ1v) is 9.34. The fourth-order valence-corrected chi connectivity index (χ4v) is 3.67. The van der Waals surface area contributed by atoms with Gasteiger partial charge in [0.15, 0.2) is 5.65 Å². The number of nitrogens with zero attached hydrogens (tertiary/aromatic N) is 6. The number of fused-ring (bicyclic) bond motifs is 2. The van der Waals surface area contributed by atoms with Crippen molar-refractivity contribution in [2.45, 2.75) is 25.8 Å². The van der Waals surface area contributed by atoms with Gasteiger partial charge < -0.3 is 15.2 Å². The van der Waals surface area contributed by atoms with Crippen LogP contribution in [0.15, 0.2) is 36.9 Å². The van der Waals surface area contributed by atoms with Crippen LogP contribution in [0.4, 0.5) is 5.95 Å². The largest absolute Gasteiger partial charge is 0.351 e. The van der Waals surface area contributed by atoms with Gasteiger partial charge in [-0.3, -0.25) is 4.79 Å². The fraction of sp³-hybridized carbons (Fsp3) is 0.316. The van der Waals surface area contributed by atoms with E-state index in [-0.39, 0.29) is 11.9 Å². The minimum absolute atomic E-state index is 0.137. The molecule has 0 radical (unpaired) electrons. The summed E-state index contributed by atoms with van der Waals surface area (Å²) in [6.45, 7) is 3.15. The van der Waals surface area contributed by atoms with Crippen LogP contribution in [0, 0.1) is 0 Å². The number of amides is 1. The number of rotatable bonds is 3. The van der Waals surface area contributed by atoms with Gasteiger partial charge >= 0.3 is 0 Å². The zero-order chi connectivity index (χ0) is 19.1. The smallest absolute Gasteiger partial charge is 0.224 e. The van der Waals surface area contributed by atoms with Crippen molar-refractivity contribution in [3.63, 3.8) is 0 Å². The fourth-order valence-electron chi connectivity index (χ4n) is 3.67. The molecule has 0 saturated carbocycles. The molecule has 9 nitrogen and oxygen atoms in total. The average Bonchev–Trinajstić information content (AvgIpc) is 3.34. The predicted octanol–water partition coefficient (Wildman–Crippen LogP) is 2.09.